The molecule has 2 N–H and O–H groups in total. The van der Waals surface area contributed by atoms with E-state index >= 15 is 0 Å². The Hall–Kier alpha value is -0.990. The first-order valence-electron chi connectivity index (χ1n) is 3.95. The highest BCUT2D eigenvalue weighted by molar-refractivity contribution is 5.76. The lowest BCUT2D eigenvalue weighted by Gasteiger charge is -2.25. The molecule has 0 radical (unpaired) electrons. The van der Waals surface area contributed by atoms with Gasteiger partial charge in [-0.25, -0.2) is 13.2 Å². The van der Waals surface area contributed by atoms with Gasteiger partial charge in [0.2, 0.25) is 0 Å². The van der Waals surface area contributed by atoms with Crippen molar-refractivity contribution in [2.24, 2.45) is 11.7 Å². The lowest BCUT2D eigenvalue weighted by Crippen LogP contribution is -2.50. The number of alkyl halides is 6. The van der Waals surface area contributed by atoms with Crippen LogP contribution < -0.4 is 5.73 Å². The summed E-state index contributed by atoms with van der Waals surface area (Å²) in [7, 11) is 0.750. The fraction of sp³-hybridized carbons (Fsp3) is 0.857. The average Bonchev–Trinajstić information content (AvgIpc) is 2.12. The smallest absolute Gasteiger partial charge is 0.400 e. The lowest BCUT2D eigenvalue weighted by atomic mass is 9.97. The molecule has 0 saturated carbocycles. The van der Waals surface area contributed by atoms with Crippen LogP contribution in [0.3, 0.4) is 0 Å². The van der Waals surface area contributed by atoms with E-state index in [9.17, 15) is 31.1 Å². The van der Waals surface area contributed by atoms with Crippen molar-refractivity contribution in [2.45, 2.75) is 24.8 Å². The van der Waals surface area contributed by atoms with Gasteiger partial charge in [0.1, 0.15) is 18.1 Å². The van der Waals surface area contributed by atoms with Gasteiger partial charge in [0, 0.05) is 0 Å². The van der Waals surface area contributed by atoms with E-state index in [1.807, 2.05) is 0 Å². The molecule has 3 nitrogen and oxygen atoms in total. The normalized spacial score (nSPS) is 18.1. The van der Waals surface area contributed by atoms with Gasteiger partial charge in [-0.05, 0) is 0 Å². The largest absolute Gasteiger partial charge is 0.468 e. The van der Waals surface area contributed by atoms with Crippen LogP contribution in [-0.4, -0.2) is 37.9 Å². The predicted molar refractivity (Wildman–Crippen MR) is 40.4 cm³/mol. The topological polar surface area (TPSA) is 52.3 Å². The summed E-state index contributed by atoms with van der Waals surface area (Å²) in [6, 6.07) is -2.40. The van der Waals surface area contributed by atoms with Crippen LogP contribution in [0.1, 0.15) is 0 Å². The number of ether oxygens (including phenoxy) is 1. The van der Waals surface area contributed by atoms with Crippen molar-refractivity contribution < 1.29 is 35.9 Å². The van der Waals surface area contributed by atoms with E-state index in [4.69, 9.17) is 5.73 Å². The van der Waals surface area contributed by atoms with Crippen molar-refractivity contribution in [3.63, 3.8) is 0 Å². The van der Waals surface area contributed by atoms with Gasteiger partial charge in [-0.15, -0.1) is 0 Å². The highest BCUT2D eigenvalue weighted by Crippen LogP contribution is 2.36. The van der Waals surface area contributed by atoms with Crippen molar-refractivity contribution in [1.82, 2.24) is 0 Å². The van der Waals surface area contributed by atoms with Crippen LogP contribution in [0, 0.1) is 5.92 Å². The molecule has 0 aliphatic rings. The summed E-state index contributed by atoms with van der Waals surface area (Å²) in [5.74, 6) is -5.14. The molecule has 0 bridgehead atoms. The molecule has 3 atom stereocenters. The number of hydrogen-bond acceptors (Lipinski definition) is 3. The highest BCUT2D eigenvalue weighted by atomic mass is 19.4. The zero-order chi connectivity index (χ0) is 13.1. The van der Waals surface area contributed by atoms with E-state index in [-0.39, 0.29) is 0 Å². The number of rotatable bonds is 4. The maximum Gasteiger partial charge on any atom is 0.400 e. The standard InChI is InChI=1S/C7H9F6NO2/c1-16-6(15)4(14)3(8)2(5(9)10)7(11,12)13/h2-5H,14H2,1H3. The molecular weight excluding hydrogens is 244 g/mol. The summed E-state index contributed by atoms with van der Waals surface area (Å²) in [6.45, 7) is 0. The Morgan fingerprint density at radius 2 is 1.69 bits per heavy atom. The number of hydrogen-bond donors (Lipinski definition) is 1. The number of carbonyl (C=O) groups is 1. The molecule has 9 heteroatoms. The SMILES string of the molecule is COC(=O)C(N)C(F)C(C(F)F)C(F)(F)F. The molecule has 0 aliphatic carbocycles. The Kier molecular flexibility index (Phi) is 5.04. The number of halogens is 6. The second kappa shape index (κ2) is 5.37. The molecule has 3 unspecified atom stereocenters. The monoisotopic (exact) mass is 253 g/mol. The van der Waals surface area contributed by atoms with Gasteiger partial charge in [-0.1, -0.05) is 0 Å². The molecule has 0 fully saturated rings. The van der Waals surface area contributed by atoms with E-state index < -0.39 is 36.7 Å². The molecule has 0 aromatic heterocycles. The van der Waals surface area contributed by atoms with E-state index in [0.29, 0.717) is 0 Å². The van der Waals surface area contributed by atoms with Crippen LogP contribution in [0.4, 0.5) is 26.3 Å². The maximum atomic E-state index is 13.0. The Morgan fingerprint density at radius 1 is 1.25 bits per heavy atom. The fourth-order valence-corrected chi connectivity index (χ4v) is 0.952. The van der Waals surface area contributed by atoms with Crippen LogP contribution >= 0.6 is 0 Å². The minimum absolute atomic E-state index is 0.750. The van der Waals surface area contributed by atoms with Crippen molar-refractivity contribution in [1.29, 1.82) is 0 Å². The third-order valence-electron chi connectivity index (χ3n) is 1.81. The molecule has 0 saturated heterocycles. The summed E-state index contributed by atoms with van der Waals surface area (Å²) in [6.07, 6.45) is -12.8. The van der Waals surface area contributed by atoms with Crippen molar-refractivity contribution in [3.05, 3.63) is 0 Å². The summed E-state index contributed by atoms with van der Waals surface area (Å²) >= 11 is 0. The van der Waals surface area contributed by atoms with Gasteiger partial charge in [0.15, 0.2) is 0 Å². The van der Waals surface area contributed by atoms with Gasteiger partial charge < -0.3 is 10.5 Å². The maximum absolute atomic E-state index is 13.0. The van der Waals surface area contributed by atoms with Crippen LogP contribution in [0.25, 0.3) is 0 Å². The third-order valence-corrected chi connectivity index (χ3v) is 1.81. The summed E-state index contributed by atoms with van der Waals surface area (Å²) in [4.78, 5) is 10.6. The minimum Gasteiger partial charge on any atom is -0.468 e. The summed E-state index contributed by atoms with van der Waals surface area (Å²) in [5, 5.41) is 0. The molecule has 0 aromatic rings. The quantitative estimate of drug-likeness (QED) is 0.606. The number of carbonyl (C=O) groups excluding carboxylic acids is 1. The third kappa shape index (κ3) is 3.54. The first-order valence-corrected chi connectivity index (χ1v) is 3.95. The first kappa shape index (κ1) is 15.0. The molecule has 0 heterocycles. The molecule has 0 spiro atoms. The molecule has 96 valence electrons. The summed E-state index contributed by atoms with van der Waals surface area (Å²) < 4.78 is 77.0. The second-order valence-electron chi connectivity index (χ2n) is 2.90. The van der Waals surface area contributed by atoms with E-state index in [1.54, 1.807) is 0 Å². The number of methoxy groups -OCH3 is 1. The fourth-order valence-electron chi connectivity index (χ4n) is 0.952. The minimum atomic E-state index is -5.49. The Labute approximate surface area is 86.5 Å². The lowest BCUT2D eigenvalue weighted by molar-refractivity contribution is -0.226. The molecule has 0 aliphatic heterocycles. The van der Waals surface area contributed by atoms with Crippen LogP contribution in [-0.2, 0) is 9.53 Å². The molecule has 0 rings (SSSR count). The number of esters is 1. The zero-order valence-electron chi connectivity index (χ0n) is 7.97. The average molecular weight is 253 g/mol. The van der Waals surface area contributed by atoms with Crippen molar-refractivity contribution in [2.75, 3.05) is 7.11 Å². The summed E-state index contributed by atoms with van der Waals surface area (Å²) in [5.41, 5.74) is 4.72. The van der Waals surface area contributed by atoms with E-state index in [1.165, 1.54) is 0 Å². The highest BCUT2D eigenvalue weighted by Gasteiger charge is 2.54. The zero-order valence-corrected chi connectivity index (χ0v) is 7.97. The first-order chi connectivity index (χ1) is 7.12. The molecular formula is C7H9F6NO2. The van der Waals surface area contributed by atoms with Gasteiger partial charge in [0.05, 0.1) is 7.11 Å². The predicted octanol–water partition coefficient (Wildman–Crippen LogP) is 1.27. The van der Waals surface area contributed by atoms with Crippen molar-refractivity contribution in [3.8, 4) is 0 Å². The molecule has 0 amide bonds. The van der Waals surface area contributed by atoms with Gasteiger partial charge in [0.25, 0.3) is 6.43 Å². The Morgan fingerprint density at radius 3 is 1.94 bits per heavy atom. The van der Waals surface area contributed by atoms with Gasteiger partial charge in [-0.3, -0.25) is 4.79 Å². The van der Waals surface area contributed by atoms with Gasteiger partial charge in [-0.2, -0.15) is 13.2 Å². The van der Waals surface area contributed by atoms with E-state index in [0.717, 1.165) is 7.11 Å². The Bertz CT molecular complexity index is 244. The molecule has 0 aromatic carbocycles. The number of nitrogens with two attached hydrogens (primary N) is 1. The van der Waals surface area contributed by atoms with Crippen LogP contribution in [0.2, 0.25) is 0 Å². The van der Waals surface area contributed by atoms with Crippen LogP contribution in [0.5, 0.6) is 0 Å². The molecule has 16 heavy (non-hydrogen) atoms. The Balaban J connectivity index is 4.89. The van der Waals surface area contributed by atoms with Gasteiger partial charge >= 0.3 is 12.1 Å². The van der Waals surface area contributed by atoms with Crippen LogP contribution in [0.15, 0.2) is 0 Å². The van der Waals surface area contributed by atoms with Crippen molar-refractivity contribution >= 4 is 5.97 Å². The van der Waals surface area contributed by atoms with E-state index in [2.05, 4.69) is 4.74 Å². The second-order valence-corrected chi connectivity index (χ2v) is 2.90.